The minimum Gasteiger partial charge on any atom is -0.726 e. The van der Waals surface area contributed by atoms with Gasteiger partial charge >= 0.3 is 69.6 Å². The monoisotopic (exact) mass is 383 g/mol. The van der Waals surface area contributed by atoms with Gasteiger partial charge in [-0.1, -0.05) is 0 Å². The molecule has 0 aliphatic heterocycles. The smallest absolute Gasteiger partial charge is 0.726 e. The fraction of sp³-hybridized carbons (Fsp3) is 0. The molecule has 0 aromatic carbocycles. The van der Waals surface area contributed by atoms with Crippen molar-refractivity contribution in [1.82, 2.24) is 18.5 Å². The van der Waals surface area contributed by atoms with E-state index in [0.29, 0.717) is 0 Å². The SMILES string of the molecule is N.N.N.O=P(O)(O)O.O=S(=O)(O)O.O=S(=O)([O-])O.[K+]. The Labute approximate surface area is 151 Å². The second-order valence-corrected chi connectivity index (χ2v) is 4.17. The molecular formula is H15KN3O12PS2. The zero-order chi connectivity index (χ0) is 13.5. The van der Waals surface area contributed by atoms with Crippen LogP contribution in [0.2, 0.25) is 0 Å². The van der Waals surface area contributed by atoms with Crippen molar-refractivity contribution in [2.45, 2.75) is 0 Å². The van der Waals surface area contributed by atoms with Crippen LogP contribution >= 0.6 is 7.82 Å². The summed E-state index contributed by atoms with van der Waals surface area (Å²) in [6, 6.07) is 0. The van der Waals surface area contributed by atoms with E-state index in [1.807, 2.05) is 0 Å². The molecule has 0 fully saturated rings. The van der Waals surface area contributed by atoms with Crippen molar-refractivity contribution >= 4 is 28.6 Å². The summed E-state index contributed by atoms with van der Waals surface area (Å²) < 4.78 is 73.3. The predicted molar refractivity (Wildman–Crippen MR) is 55.8 cm³/mol. The van der Waals surface area contributed by atoms with E-state index in [2.05, 4.69) is 0 Å². The molecule has 0 rings (SSSR count). The molecule has 0 spiro atoms. The summed E-state index contributed by atoms with van der Waals surface area (Å²) in [6.07, 6.45) is 0. The maximum Gasteiger partial charge on any atom is 1.00 e. The number of rotatable bonds is 0. The molecular weight excluding hydrogens is 368 g/mol. The maximum absolute atomic E-state index is 8.88. The minimum absolute atomic E-state index is 0. The summed E-state index contributed by atoms with van der Waals surface area (Å²) in [4.78, 5) is 21.6. The molecule has 0 radical (unpaired) electrons. The van der Waals surface area contributed by atoms with Crippen LogP contribution in [0.1, 0.15) is 0 Å². The fourth-order valence-electron chi connectivity index (χ4n) is 0. The van der Waals surface area contributed by atoms with Gasteiger partial charge in [-0.25, -0.2) is 13.0 Å². The largest absolute Gasteiger partial charge is 1.00 e. The minimum atomic E-state index is -4.92. The van der Waals surface area contributed by atoms with Gasteiger partial charge in [0.15, 0.2) is 0 Å². The van der Waals surface area contributed by atoms with Gasteiger partial charge < -0.3 is 37.7 Å². The van der Waals surface area contributed by atoms with Gasteiger partial charge in [-0.15, -0.1) is 0 Å². The topological polar surface area (TPSA) is 335 Å². The quantitative estimate of drug-likeness (QED) is 0.0816. The van der Waals surface area contributed by atoms with Crippen molar-refractivity contribution in [3.63, 3.8) is 0 Å². The Balaban J connectivity index is -0.0000000206. The first-order valence-electron chi connectivity index (χ1n) is 2.16. The Morgan fingerprint density at radius 3 is 0.789 bits per heavy atom. The van der Waals surface area contributed by atoms with Crippen molar-refractivity contribution in [3.05, 3.63) is 0 Å². The van der Waals surface area contributed by atoms with E-state index in [-0.39, 0.29) is 69.8 Å². The molecule has 0 atom stereocenters. The molecule has 0 saturated carbocycles. The van der Waals surface area contributed by atoms with Gasteiger partial charge in [0.05, 0.1) is 0 Å². The van der Waals surface area contributed by atoms with E-state index in [9.17, 15) is 0 Å². The Kier molecular flexibility index (Phi) is 39.2. The summed E-state index contributed by atoms with van der Waals surface area (Å²) in [5, 5.41) is 0. The van der Waals surface area contributed by atoms with Crippen LogP contribution < -0.4 is 69.8 Å². The van der Waals surface area contributed by atoms with Crippen molar-refractivity contribution < 1.29 is 106 Å². The number of hydrogen-bond acceptors (Lipinski definition) is 9. The molecule has 15 nitrogen and oxygen atoms in total. The van der Waals surface area contributed by atoms with E-state index >= 15 is 0 Å². The summed E-state index contributed by atoms with van der Waals surface area (Å²) in [6.45, 7) is 0. The Bertz CT molecular complexity index is 338. The molecule has 0 aliphatic rings. The van der Waals surface area contributed by atoms with Crippen LogP contribution in [0.5, 0.6) is 0 Å². The first-order valence-corrected chi connectivity index (χ1v) is 6.49. The van der Waals surface area contributed by atoms with Crippen LogP contribution in [-0.4, -0.2) is 49.7 Å². The van der Waals surface area contributed by atoms with Crippen molar-refractivity contribution in [3.8, 4) is 0 Å². The van der Waals surface area contributed by atoms with E-state index in [4.69, 9.17) is 54.3 Å². The van der Waals surface area contributed by atoms with Crippen LogP contribution in [0.15, 0.2) is 0 Å². The second-order valence-electron chi connectivity index (χ2n) is 1.39. The molecule has 0 heterocycles. The molecule has 0 bridgehead atoms. The van der Waals surface area contributed by atoms with Gasteiger partial charge in [0.2, 0.25) is 10.4 Å². The molecule has 0 amide bonds. The molecule has 19 heteroatoms. The van der Waals surface area contributed by atoms with Gasteiger partial charge in [0.1, 0.15) is 0 Å². The van der Waals surface area contributed by atoms with Crippen LogP contribution in [0, 0.1) is 0 Å². The van der Waals surface area contributed by atoms with Crippen molar-refractivity contribution in [1.29, 1.82) is 0 Å². The first kappa shape index (κ1) is 42.8. The van der Waals surface area contributed by atoms with Crippen LogP contribution in [0.25, 0.3) is 0 Å². The third kappa shape index (κ3) is 3130. The van der Waals surface area contributed by atoms with E-state index in [0.717, 1.165) is 0 Å². The van der Waals surface area contributed by atoms with Gasteiger partial charge in [-0.3, -0.25) is 13.7 Å². The first-order chi connectivity index (χ1) is 6.00. The fourth-order valence-corrected chi connectivity index (χ4v) is 0. The van der Waals surface area contributed by atoms with Crippen LogP contribution in [0.4, 0.5) is 0 Å². The third-order valence-electron chi connectivity index (χ3n) is 0. The molecule has 19 heavy (non-hydrogen) atoms. The normalized spacial score (nSPS) is 9.21. The second kappa shape index (κ2) is 17.4. The zero-order valence-electron chi connectivity index (χ0n) is 9.52. The molecule has 0 aromatic heterocycles. The van der Waals surface area contributed by atoms with Crippen molar-refractivity contribution in [2.24, 2.45) is 0 Å². The summed E-state index contributed by atoms with van der Waals surface area (Å²) in [5.74, 6) is 0. The maximum atomic E-state index is 8.88. The average molecular weight is 383 g/mol. The van der Waals surface area contributed by atoms with Gasteiger partial charge in [-0.2, -0.15) is 8.42 Å². The van der Waals surface area contributed by atoms with Crippen molar-refractivity contribution in [2.75, 3.05) is 0 Å². The van der Waals surface area contributed by atoms with E-state index in [1.165, 1.54) is 0 Å². The van der Waals surface area contributed by atoms with Gasteiger partial charge in [0, 0.05) is 0 Å². The Morgan fingerprint density at radius 1 is 0.789 bits per heavy atom. The molecule has 0 unspecified atom stereocenters. The van der Waals surface area contributed by atoms with Crippen LogP contribution in [0.3, 0.4) is 0 Å². The molecule has 120 valence electrons. The number of hydrogen-bond donors (Lipinski definition) is 9. The summed E-state index contributed by atoms with van der Waals surface area (Å²) in [7, 11) is -14.2. The molecule has 15 N–H and O–H groups in total. The summed E-state index contributed by atoms with van der Waals surface area (Å²) >= 11 is 0. The Hall–Kier alpha value is 1.37. The average Bonchev–Trinajstić information content (AvgIpc) is 1.41. The van der Waals surface area contributed by atoms with Gasteiger partial charge in [0.25, 0.3) is 0 Å². The number of phosphoric acid groups is 1. The van der Waals surface area contributed by atoms with E-state index in [1.54, 1.807) is 0 Å². The Morgan fingerprint density at radius 2 is 0.789 bits per heavy atom. The third-order valence-corrected chi connectivity index (χ3v) is 0. The van der Waals surface area contributed by atoms with Crippen LogP contribution in [-0.2, 0) is 25.4 Å². The predicted octanol–water partition coefficient (Wildman–Crippen LogP) is -5.09. The van der Waals surface area contributed by atoms with E-state index < -0.39 is 28.6 Å². The standard InChI is InChI=1S/K.3H3N.H3O4P.2H2O4S/c;;;;3*1-5(2,3)4/h;3*1H3;(H3,1,2,3,4);2*(H2,1,2,3,4)/q+1;;;;;;/p-1. The molecule has 0 saturated heterocycles. The molecule has 0 aliphatic carbocycles. The zero-order valence-corrected chi connectivity index (χ0v) is 15.2. The van der Waals surface area contributed by atoms with Gasteiger partial charge in [-0.05, 0) is 0 Å². The molecule has 0 aromatic rings. The summed E-state index contributed by atoms with van der Waals surface area (Å²) in [5.41, 5.74) is 0.